The molecule has 3 aromatic rings. The summed E-state index contributed by atoms with van der Waals surface area (Å²) in [5.41, 5.74) is 2.88. The zero-order valence-electron chi connectivity index (χ0n) is 15.9. The van der Waals surface area contributed by atoms with Gasteiger partial charge in [0.25, 0.3) is 11.8 Å². The number of hydrogen-bond acceptors (Lipinski definition) is 5. The molecule has 0 bridgehead atoms. The third kappa shape index (κ3) is 3.83. The Labute approximate surface area is 172 Å². The van der Waals surface area contributed by atoms with Crippen LogP contribution in [0.15, 0.2) is 67.0 Å². The van der Waals surface area contributed by atoms with Crippen molar-refractivity contribution in [1.82, 2.24) is 10.0 Å². The number of halogens is 1. The molecule has 0 radical (unpaired) electrons. The van der Waals surface area contributed by atoms with E-state index in [2.05, 4.69) is 10.3 Å². The molecule has 1 aliphatic heterocycles. The van der Waals surface area contributed by atoms with Crippen molar-refractivity contribution < 1.29 is 19.2 Å². The molecule has 0 saturated heterocycles. The zero-order valence-corrected chi connectivity index (χ0v) is 15.9. The summed E-state index contributed by atoms with van der Waals surface area (Å²) in [4.78, 5) is 30.0. The highest BCUT2D eigenvalue weighted by molar-refractivity contribution is 6.28. The first-order valence-electron chi connectivity index (χ1n) is 9.35. The summed E-state index contributed by atoms with van der Waals surface area (Å²) < 4.78 is 13.4. The topological polar surface area (TPSA) is 82.5 Å². The van der Waals surface area contributed by atoms with Crippen molar-refractivity contribution in [1.29, 1.82) is 0 Å². The molecule has 2 amide bonds. The van der Waals surface area contributed by atoms with Gasteiger partial charge in [-0.1, -0.05) is 18.2 Å². The first-order chi connectivity index (χ1) is 14.5. The second kappa shape index (κ2) is 8.26. The minimum Gasteiger partial charge on any atom is -0.384 e. The van der Waals surface area contributed by atoms with Crippen molar-refractivity contribution in [2.75, 3.05) is 11.9 Å². The van der Waals surface area contributed by atoms with E-state index < -0.39 is 17.6 Å². The van der Waals surface area contributed by atoms with Gasteiger partial charge in [0.05, 0.1) is 5.57 Å². The maximum absolute atomic E-state index is 13.4. The van der Waals surface area contributed by atoms with Gasteiger partial charge in [-0.3, -0.25) is 19.8 Å². The minimum atomic E-state index is -0.910. The van der Waals surface area contributed by atoms with E-state index in [1.807, 2.05) is 6.07 Å². The van der Waals surface area contributed by atoms with E-state index in [1.54, 1.807) is 36.7 Å². The zero-order chi connectivity index (χ0) is 21.1. The van der Waals surface area contributed by atoms with Gasteiger partial charge < -0.3 is 5.32 Å². The average Bonchev–Trinajstić information content (AvgIpc) is 3.26. The molecule has 2 N–H and O–H groups in total. The highest BCUT2D eigenvalue weighted by Crippen LogP contribution is 2.27. The second-order valence-corrected chi connectivity index (χ2v) is 6.78. The number of anilines is 1. The van der Waals surface area contributed by atoms with Gasteiger partial charge in [-0.15, -0.1) is 5.06 Å². The van der Waals surface area contributed by atoms with Gasteiger partial charge in [0, 0.05) is 30.2 Å². The molecular formula is C23H18FN3O3. The third-order valence-electron chi connectivity index (χ3n) is 4.88. The van der Waals surface area contributed by atoms with Crippen molar-refractivity contribution >= 4 is 29.2 Å². The van der Waals surface area contributed by atoms with E-state index in [0.717, 1.165) is 11.3 Å². The van der Waals surface area contributed by atoms with Crippen LogP contribution in [0.5, 0.6) is 0 Å². The number of aromatic nitrogens is 1. The van der Waals surface area contributed by atoms with E-state index in [1.165, 1.54) is 30.3 Å². The van der Waals surface area contributed by atoms with Gasteiger partial charge in [-0.25, -0.2) is 4.39 Å². The third-order valence-corrected chi connectivity index (χ3v) is 4.88. The number of amides is 2. The van der Waals surface area contributed by atoms with Crippen molar-refractivity contribution in [3.63, 3.8) is 0 Å². The number of nitrogens with zero attached hydrogens (tertiary/aromatic N) is 2. The summed E-state index contributed by atoms with van der Waals surface area (Å²) >= 11 is 0. The van der Waals surface area contributed by atoms with Gasteiger partial charge >= 0.3 is 0 Å². The number of carbonyl (C=O) groups is 2. The number of pyridine rings is 1. The molecule has 4 rings (SSSR count). The smallest absolute Gasteiger partial charge is 0.285 e. The predicted molar refractivity (Wildman–Crippen MR) is 110 cm³/mol. The number of hydrogen-bond donors (Lipinski definition) is 2. The van der Waals surface area contributed by atoms with Crippen molar-refractivity contribution in [3.8, 4) is 0 Å². The van der Waals surface area contributed by atoms with E-state index in [-0.39, 0.29) is 16.2 Å². The molecule has 2 heterocycles. The fraction of sp³-hybridized carbons (Fsp3) is 0.0870. The Kier molecular flexibility index (Phi) is 5.36. The fourth-order valence-corrected chi connectivity index (χ4v) is 3.39. The van der Waals surface area contributed by atoms with Crippen LogP contribution in [-0.4, -0.2) is 33.6 Å². The molecule has 1 aliphatic rings. The van der Waals surface area contributed by atoms with Gasteiger partial charge in [-0.05, 0) is 65.6 Å². The maximum Gasteiger partial charge on any atom is 0.285 e. The predicted octanol–water partition coefficient (Wildman–Crippen LogP) is 3.79. The number of carbonyl (C=O) groups excluding carboxylic acids is 2. The summed E-state index contributed by atoms with van der Waals surface area (Å²) in [5, 5.41) is 13.8. The molecule has 0 aliphatic carbocycles. The largest absolute Gasteiger partial charge is 0.384 e. The molecule has 0 spiro atoms. The molecule has 2 aromatic carbocycles. The fourth-order valence-electron chi connectivity index (χ4n) is 3.39. The number of benzene rings is 2. The molecule has 0 unspecified atom stereocenters. The van der Waals surface area contributed by atoms with Gasteiger partial charge in [0.1, 0.15) is 5.82 Å². The molecule has 0 fully saturated rings. The van der Waals surface area contributed by atoms with Crippen molar-refractivity contribution in [3.05, 3.63) is 95.1 Å². The molecule has 0 saturated carbocycles. The van der Waals surface area contributed by atoms with Gasteiger partial charge in [-0.2, -0.15) is 0 Å². The molecule has 0 atom stereocenters. The van der Waals surface area contributed by atoms with Crippen LogP contribution in [0.2, 0.25) is 0 Å². The van der Waals surface area contributed by atoms with Crippen molar-refractivity contribution in [2.45, 2.75) is 6.42 Å². The number of hydroxylamine groups is 2. The Hall–Kier alpha value is -3.84. The van der Waals surface area contributed by atoms with Gasteiger partial charge in [0.2, 0.25) is 0 Å². The van der Waals surface area contributed by atoms with E-state index >= 15 is 0 Å². The summed E-state index contributed by atoms with van der Waals surface area (Å²) in [6.45, 7) is 0.682. The summed E-state index contributed by atoms with van der Waals surface area (Å²) in [6, 6.07) is 13.7. The Morgan fingerprint density at radius 3 is 2.53 bits per heavy atom. The molecular weight excluding hydrogens is 385 g/mol. The SMILES string of the molecule is O=C(C(=Cc1ccncc1)c1ccc(F)cc1)N(O)C(=O)c1cccc2c1CCN2. The lowest BCUT2D eigenvalue weighted by atomic mass is 10.0. The molecule has 30 heavy (non-hydrogen) atoms. The van der Waals surface area contributed by atoms with Crippen LogP contribution in [0.1, 0.15) is 27.0 Å². The highest BCUT2D eigenvalue weighted by Gasteiger charge is 2.28. The van der Waals surface area contributed by atoms with Crippen LogP contribution in [0, 0.1) is 5.82 Å². The lowest BCUT2D eigenvalue weighted by Crippen LogP contribution is -2.35. The number of fused-ring (bicyclic) bond motifs is 1. The molecule has 1 aromatic heterocycles. The number of rotatable bonds is 4. The number of imide groups is 1. The van der Waals surface area contributed by atoms with Crippen LogP contribution < -0.4 is 5.32 Å². The van der Waals surface area contributed by atoms with E-state index in [0.29, 0.717) is 24.1 Å². The monoisotopic (exact) mass is 403 g/mol. The summed E-state index contributed by atoms with van der Waals surface area (Å²) in [6.07, 6.45) is 5.25. The summed E-state index contributed by atoms with van der Waals surface area (Å²) in [7, 11) is 0. The minimum absolute atomic E-state index is 0.0442. The Morgan fingerprint density at radius 2 is 1.80 bits per heavy atom. The summed E-state index contributed by atoms with van der Waals surface area (Å²) in [5.74, 6) is -2.19. The van der Waals surface area contributed by atoms with E-state index in [9.17, 15) is 19.2 Å². The Balaban J connectivity index is 1.71. The quantitative estimate of drug-likeness (QED) is 0.394. The Morgan fingerprint density at radius 1 is 1.07 bits per heavy atom. The number of nitrogens with one attached hydrogen (secondary N) is 1. The molecule has 6 nitrogen and oxygen atoms in total. The van der Waals surface area contributed by atoms with Crippen LogP contribution in [-0.2, 0) is 11.2 Å². The average molecular weight is 403 g/mol. The lowest BCUT2D eigenvalue weighted by molar-refractivity contribution is -0.146. The normalized spacial score (nSPS) is 12.8. The van der Waals surface area contributed by atoms with Crippen molar-refractivity contribution in [2.24, 2.45) is 0 Å². The van der Waals surface area contributed by atoms with Crippen LogP contribution in [0.3, 0.4) is 0 Å². The van der Waals surface area contributed by atoms with Crippen LogP contribution in [0.4, 0.5) is 10.1 Å². The standard InChI is InChI=1S/C23H18FN3O3/c24-17-6-4-16(5-7-17)20(14-15-8-11-25-12-9-15)23(29)27(30)22(28)19-2-1-3-21-18(19)10-13-26-21/h1-9,11-12,14,26,30H,10,13H2. The van der Waals surface area contributed by atoms with Gasteiger partial charge in [0.15, 0.2) is 0 Å². The molecule has 150 valence electrons. The maximum atomic E-state index is 13.4. The first kappa shape index (κ1) is 19.5. The second-order valence-electron chi connectivity index (χ2n) is 6.78. The first-order valence-corrected chi connectivity index (χ1v) is 9.35. The van der Waals surface area contributed by atoms with Crippen LogP contribution in [0.25, 0.3) is 11.6 Å². The Bertz CT molecular complexity index is 1130. The molecule has 7 heteroatoms. The lowest BCUT2D eigenvalue weighted by Gasteiger charge is -2.17. The van der Waals surface area contributed by atoms with Crippen LogP contribution >= 0.6 is 0 Å². The van der Waals surface area contributed by atoms with E-state index in [4.69, 9.17) is 0 Å². The highest BCUT2D eigenvalue weighted by atomic mass is 19.1.